The Labute approximate surface area is 123 Å². The first-order valence-corrected chi connectivity index (χ1v) is 6.84. The fourth-order valence-electron chi connectivity index (χ4n) is 2.02. The van der Waals surface area contributed by atoms with Crippen molar-refractivity contribution >= 4 is 32.7 Å². The zero-order valence-electron chi connectivity index (χ0n) is 10.6. The molecule has 0 bridgehead atoms. The number of fused-ring (bicyclic) bond motifs is 1. The van der Waals surface area contributed by atoms with E-state index in [0.29, 0.717) is 11.1 Å². The van der Waals surface area contributed by atoms with E-state index in [1.807, 2.05) is 18.2 Å². The lowest BCUT2D eigenvalue weighted by Gasteiger charge is -2.00. The third kappa shape index (κ3) is 2.16. The molecule has 0 fully saturated rings. The molecule has 0 spiro atoms. The van der Waals surface area contributed by atoms with Crippen molar-refractivity contribution in [1.82, 2.24) is 0 Å². The normalized spacial score (nSPS) is 10.9. The number of hydrogen-bond acceptors (Lipinski definition) is 2. The number of ketones is 1. The number of benzene rings is 2. The molecule has 1 heterocycles. The molecule has 0 aliphatic rings. The van der Waals surface area contributed by atoms with E-state index >= 15 is 0 Å². The summed E-state index contributed by atoms with van der Waals surface area (Å²) in [6, 6.07) is 11.6. The number of carbonyl (C=O) groups is 1. The first-order valence-electron chi connectivity index (χ1n) is 6.05. The molecule has 0 radical (unpaired) electrons. The quantitative estimate of drug-likeness (QED) is 0.626. The van der Waals surface area contributed by atoms with Crippen LogP contribution in [0.5, 0.6) is 0 Å². The predicted molar refractivity (Wildman–Crippen MR) is 78.5 cm³/mol. The highest BCUT2D eigenvalue weighted by molar-refractivity contribution is 9.10. The average Bonchev–Trinajstić information content (AvgIpc) is 2.86. The van der Waals surface area contributed by atoms with Gasteiger partial charge in [-0.2, -0.15) is 0 Å². The van der Waals surface area contributed by atoms with Crippen molar-refractivity contribution in [2.24, 2.45) is 0 Å². The van der Waals surface area contributed by atoms with Crippen LogP contribution in [0.2, 0.25) is 0 Å². The van der Waals surface area contributed by atoms with Gasteiger partial charge in [0.1, 0.15) is 11.4 Å². The largest absolute Gasteiger partial charge is 0.451 e. The Bertz CT molecular complexity index is 820. The van der Waals surface area contributed by atoms with Gasteiger partial charge in [-0.3, -0.25) is 4.79 Å². The summed E-state index contributed by atoms with van der Waals surface area (Å²) >= 11 is 3.37. The van der Waals surface area contributed by atoms with E-state index in [2.05, 4.69) is 15.9 Å². The van der Waals surface area contributed by atoms with Crippen LogP contribution in [0.3, 0.4) is 0 Å². The SMILES string of the molecule is Cc1ccc(C(=O)c2cc3cccc(Br)c3o2)cc1F. The number of carbonyl (C=O) groups excluding carboxylic acids is 1. The summed E-state index contributed by atoms with van der Waals surface area (Å²) in [5.41, 5.74) is 1.40. The van der Waals surface area contributed by atoms with Gasteiger partial charge in [0.25, 0.3) is 0 Å². The highest BCUT2D eigenvalue weighted by atomic mass is 79.9. The molecule has 20 heavy (non-hydrogen) atoms. The van der Waals surface area contributed by atoms with Crippen LogP contribution in [0.4, 0.5) is 4.39 Å². The molecule has 1 aromatic heterocycles. The summed E-state index contributed by atoms with van der Waals surface area (Å²) in [4.78, 5) is 12.3. The van der Waals surface area contributed by atoms with Crippen molar-refractivity contribution in [3.05, 3.63) is 69.6 Å². The van der Waals surface area contributed by atoms with E-state index in [9.17, 15) is 9.18 Å². The highest BCUT2D eigenvalue weighted by Gasteiger charge is 2.16. The maximum Gasteiger partial charge on any atom is 0.228 e. The molecule has 0 aliphatic carbocycles. The molecule has 0 saturated carbocycles. The lowest BCUT2D eigenvalue weighted by molar-refractivity contribution is 0.101. The summed E-state index contributed by atoms with van der Waals surface area (Å²) in [7, 11) is 0. The fourth-order valence-corrected chi connectivity index (χ4v) is 2.48. The lowest BCUT2D eigenvalue weighted by atomic mass is 10.1. The molecule has 0 atom stereocenters. The first-order chi connectivity index (χ1) is 9.56. The van der Waals surface area contributed by atoms with E-state index in [1.54, 1.807) is 25.1 Å². The third-order valence-corrected chi connectivity index (χ3v) is 3.78. The van der Waals surface area contributed by atoms with Crippen LogP contribution >= 0.6 is 15.9 Å². The smallest absolute Gasteiger partial charge is 0.228 e. The predicted octanol–water partition coefficient (Wildman–Crippen LogP) is 4.87. The zero-order chi connectivity index (χ0) is 14.3. The third-order valence-electron chi connectivity index (χ3n) is 3.15. The monoisotopic (exact) mass is 332 g/mol. The molecule has 4 heteroatoms. The minimum absolute atomic E-state index is 0.204. The molecule has 3 aromatic rings. The number of rotatable bonds is 2. The van der Waals surface area contributed by atoms with Crippen molar-refractivity contribution in [1.29, 1.82) is 0 Å². The van der Waals surface area contributed by atoms with Gasteiger partial charge in [0.15, 0.2) is 5.76 Å². The van der Waals surface area contributed by atoms with Crippen molar-refractivity contribution < 1.29 is 13.6 Å². The molecule has 0 aliphatic heterocycles. The number of hydrogen-bond donors (Lipinski definition) is 0. The summed E-state index contributed by atoms with van der Waals surface area (Å²) < 4.78 is 19.9. The van der Waals surface area contributed by atoms with Crippen LogP contribution < -0.4 is 0 Å². The molecule has 2 nitrogen and oxygen atoms in total. The lowest BCUT2D eigenvalue weighted by Crippen LogP contribution is -2.00. The average molecular weight is 333 g/mol. The van der Waals surface area contributed by atoms with Crippen LogP contribution in [-0.2, 0) is 0 Å². The molecule has 3 rings (SSSR count). The van der Waals surface area contributed by atoms with Crippen LogP contribution in [0.15, 0.2) is 51.4 Å². The van der Waals surface area contributed by atoms with Crippen molar-refractivity contribution in [2.45, 2.75) is 6.92 Å². The van der Waals surface area contributed by atoms with Crippen LogP contribution in [0.25, 0.3) is 11.0 Å². The summed E-state index contributed by atoms with van der Waals surface area (Å²) in [6.45, 7) is 1.65. The summed E-state index contributed by atoms with van der Waals surface area (Å²) in [6.07, 6.45) is 0. The Morgan fingerprint density at radius 3 is 2.70 bits per heavy atom. The van der Waals surface area contributed by atoms with Crippen LogP contribution in [0, 0.1) is 12.7 Å². The fraction of sp³-hybridized carbons (Fsp3) is 0.0625. The Morgan fingerprint density at radius 1 is 1.20 bits per heavy atom. The Balaban J connectivity index is 2.08. The van der Waals surface area contributed by atoms with E-state index in [-0.39, 0.29) is 17.1 Å². The van der Waals surface area contributed by atoms with Gasteiger partial charge in [-0.1, -0.05) is 24.3 Å². The van der Waals surface area contributed by atoms with Gasteiger partial charge in [-0.15, -0.1) is 0 Å². The second kappa shape index (κ2) is 4.87. The van der Waals surface area contributed by atoms with Crippen molar-refractivity contribution in [3.63, 3.8) is 0 Å². The molecular weight excluding hydrogens is 323 g/mol. The molecule has 2 aromatic carbocycles. The highest BCUT2D eigenvalue weighted by Crippen LogP contribution is 2.28. The van der Waals surface area contributed by atoms with Gasteiger partial charge in [-0.25, -0.2) is 4.39 Å². The van der Waals surface area contributed by atoms with E-state index in [1.165, 1.54) is 6.07 Å². The summed E-state index contributed by atoms with van der Waals surface area (Å²) in [5, 5.41) is 0.829. The maximum absolute atomic E-state index is 13.5. The number of para-hydroxylation sites is 1. The zero-order valence-corrected chi connectivity index (χ0v) is 12.2. The van der Waals surface area contributed by atoms with Gasteiger partial charge in [0, 0.05) is 10.9 Å². The summed E-state index contributed by atoms with van der Waals surface area (Å²) in [5.74, 6) is -0.518. The number of aryl methyl sites for hydroxylation is 1. The maximum atomic E-state index is 13.5. The first kappa shape index (κ1) is 13.1. The van der Waals surface area contributed by atoms with E-state index < -0.39 is 5.82 Å². The number of furan rings is 1. The Hall–Kier alpha value is -1.94. The topological polar surface area (TPSA) is 30.2 Å². The number of halogens is 2. The van der Waals surface area contributed by atoms with E-state index in [0.717, 1.165) is 9.86 Å². The van der Waals surface area contributed by atoms with Gasteiger partial charge in [-0.05, 0) is 46.6 Å². The molecule has 0 saturated heterocycles. The van der Waals surface area contributed by atoms with Crippen LogP contribution in [0.1, 0.15) is 21.7 Å². The van der Waals surface area contributed by atoms with Crippen molar-refractivity contribution in [2.75, 3.05) is 0 Å². The second-order valence-electron chi connectivity index (χ2n) is 4.56. The Morgan fingerprint density at radius 2 is 2.00 bits per heavy atom. The molecule has 0 N–H and O–H groups in total. The van der Waals surface area contributed by atoms with Gasteiger partial charge < -0.3 is 4.42 Å². The Kier molecular flexibility index (Phi) is 3.18. The van der Waals surface area contributed by atoms with Gasteiger partial charge in [0.05, 0.1) is 4.47 Å². The molecule has 0 amide bonds. The van der Waals surface area contributed by atoms with E-state index in [4.69, 9.17) is 4.42 Å². The second-order valence-corrected chi connectivity index (χ2v) is 5.42. The molecule has 0 unspecified atom stereocenters. The van der Waals surface area contributed by atoms with Gasteiger partial charge in [0.2, 0.25) is 5.78 Å². The standard InChI is InChI=1S/C16H10BrFO2/c1-9-5-6-10(7-13(9)18)15(19)14-8-11-3-2-4-12(17)16(11)20-14/h2-8H,1H3. The minimum Gasteiger partial charge on any atom is -0.451 e. The minimum atomic E-state index is -0.395. The van der Waals surface area contributed by atoms with Crippen molar-refractivity contribution in [3.8, 4) is 0 Å². The van der Waals surface area contributed by atoms with Gasteiger partial charge >= 0.3 is 0 Å². The molecular formula is C16H10BrFO2. The molecule has 100 valence electrons. The van der Waals surface area contributed by atoms with Crippen LogP contribution in [-0.4, -0.2) is 5.78 Å².